The summed E-state index contributed by atoms with van der Waals surface area (Å²) in [7, 11) is 0. The van der Waals surface area contributed by atoms with Gasteiger partial charge in [-0.25, -0.2) is 9.97 Å². The lowest BCUT2D eigenvalue weighted by Crippen LogP contribution is -2.01. The van der Waals surface area contributed by atoms with Crippen molar-refractivity contribution in [2.45, 2.75) is 6.10 Å². The summed E-state index contributed by atoms with van der Waals surface area (Å²) >= 11 is 5.56. The fourth-order valence-corrected chi connectivity index (χ4v) is 1.53. The van der Waals surface area contributed by atoms with E-state index in [2.05, 4.69) is 9.97 Å². The topological polar surface area (TPSA) is 69.8 Å². The van der Waals surface area contributed by atoms with Crippen molar-refractivity contribution in [2.24, 2.45) is 0 Å². The molecule has 2 aromatic rings. The van der Waals surface area contributed by atoms with Gasteiger partial charge in [-0.3, -0.25) is 0 Å². The molecule has 1 unspecified atom stereocenters. The van der Waals surface area contributed by atoms with Gasteiger partial charge >= 0.3 is 0 Å². The van der Waals surface area contributed by atoms with Crippen LogP contribution >= 0.6 is 11.6 Å². The van der Waals surface area contributed by atoms with E-state index in [-0.39, 0.29) is 5.28 Å². The highest BCUT2D eigenvalue weighted by atomic mass is 35.5. The van der Waals surface area contributed by atoms with E-state index in [0.29, 0.717) is 16.7 Å². The minimum absolute atomic E-state index is 0.131. The molecule has 0 spiro atoms. The van der Waals surface area contributed by atoms with E-state index in [4.69, 9.17) is 16.9 Å². The lowest BCUT2D eigenvalue weighted by atomic mass is 10.0. The van der Waals surface area contributed by atoms with Gasteiger partial charge in [0.25, 0.3) is 0 Å². The van der Waals surface area contributed by atoms with Gasteiger partial charge in [0, 0.05) is 18.0 Å². The van der Waals surface area contributed by atoms with Crippen LogP contribution < -0.4 is 0 Å². The smallest absolute Gasteiger partial charge is 0.222 e. The van der Waals surface area contributed by atoms with Crippen molar-refractivity contribution in [2.75, 3.05) is 0 Å². The number of nitrogens with zero attached hydrogens (tertiary/aromatic N) is 3. The minimum atomic E-state index is -0.861. The van der Waals surface area contributed by atoms with Crippen LogP contribution in [0.1, 0.15) is 22.8 Å². The molecule has 0 fully saturated rings. The van der Waals surface area contributed by atoms with Gasteiger partial charge in [-0.1, -0.05) is 12.1 Å². The molecule has 1 aromatic carbocycles. The molecule has 5 heteroatoms. The average molecular weight is 246 g/mol. The van der Waals surface area contributed by atoms with Gasteiger partial charge in [-0.2, -0.15) is 5.26 Å². The second-order valence-electron chi connectivity index (χ2n) is 3.43. The molecule has 0 bridgehead atoms. The molecule has 1 heterocycles. The third-order valence-corrected chi connectivity index (χ3v) is 2.48. The quantitative estimate of drug-likeness (QED) is 0.823. The summed E-state index contributed by atoms with van der Waals surface area (Å²) in [6, 6.07) is 8.77. The van der Waals surface area contributed by atoms with Crippen molar-refractivity contribution < 1.29 is 5.11 Å². The molecular formula is C12H8ClN3O. The Hall–Kier alpha value is -1.96. The van der Waals surface area contributed by atoms with Crippen LogP contribution in [0.4, 0.5) is 0 Å². The van der Waals surface area contributed by atoms with Crippen LogP contribution in [0, 0.1) is 11.3 Å². The van der Waals surface area contributed by atoms with E-state index >= 15 is 0 Å². The number of hydrogen-bond donors (Lipinski definition) is 1. The summed E-state index contributed by atoms with van der Waals surface area (Å²) in [4.78, 5) is 7.60. The zero-order valence-electron chi connectivity index (χ0n) is 8.71. The third kappa shape index (κ3) is 2.59. The highest BCUT2D eigenvalue weighted by Crippen LogP contribution is 2.21. The fraction of sp³-hybridized carbons (Fsp3) is 0.0833. The summed E-state index contributed by atoms with van der Waals surface area (Å²) in [5.41, 5.74) is 1.65. The first-order valence-electron chi connectivity index (χ1n) is 4.86. The van der Waals surface area contributed by atoms with Crippen LogP contribution in [0.3, 0.4) is 0 Å². The molecule has 1 atom stereocenters. The van der Waals surface area contributed by atoms with Crippen molar-refractivity contribution in [1.29, 1.82) is 5.26 Å². The van der Waals surface area contributed by atoms with Crippen molar-refractivity contribution in [1.82, 2.24) is 9.97 Å². The maximum absolute atomic E-state index is 10.1. The normalized spacial score (nSPS) is 11.8. The Morgan fingerprint density at radius 2 is 1.94 bits per heavy atom. The molecule has 84 valence electrons. The summed E-state index contributed by atoms with van der Waals surface area (Å²) in [5.74, 6) is 0. The Morgan fingerprint density at radius 3 is 2.59 bits per heavy atom. The summed E-state index contributed by atoms with van der Waals surface area (Å²) in [6.07, 6.45) is 2.05. The average Bonchev–Trinajstić information content (AvgIpc) is 2.39. The summed E-state index contributed by atoms with van der Waals surface area (Å²) in [6.45, 7) is 0. The van der Waals surface area contributed by atoms with Crippen molar-refractivity contribution in [3.05, 3.63) is 58.6 Å². The number of benzene rings is 1. The molecule has 4 nitrogen and oxygen atoms in total. The largest absolute Gasteiger partial charge is 0.384 e. The number of aliphatic hydroxyl groups excluding tert-OH is 1. The third-order valence-electron chi connectivity index (χ3n) is 2.29. The predicted molar refractivity (Wildman–Crippen MR) is 62.3 cm³/mol. The second kappa shape index (κ2) is 4.91. The van der Waals surface area contributed by atoms with Gasteiger partial charge in [0.2, 0.25) is 5.28 Å². The first kappa shape index (κ1) is 11.5. The molecule has 0 saturated carbocycles. The number of aromatic nitrogens is 2. The molecule has 0 amide bonds. The Balaban J connectivity index is 2.33. The second-order valence-corrected chi connectivity index (χ2v) is 3.76. The fourth-order valence-electron chi connectivity index (χ4n) is 1.43. The molecule has 1 aromatic heterocycles. The van der Waals surface area contributed by atoms with Gasteiger partial charge in [0.15, 0.2) is 0 Å². The molecule has 0 aliphatic rings. The minimum Gasteiger partial charge on any atom is -0.384 e. The SMILES string of the molecule is N#Cc1cccc(C(O)c2cnc(Cl)nc2)c1. The van der Waals surface area contributed by atoms with E-state index in [1.54, 1.807) is 24.3 Å². The first-order valence-corrected chi connectivity index (χ1v) is 5.24. The van der Waals surface area contributed by atoms with Gasteiger partial charge in [0.05, 0.1) is 11.6 Å². The van der Waals surface area contributed by atoms with Crippen LogP contribution in [0.15, 0.2) is 36.7 Å². The van der Waals surface area contributed by atoms with E-state index < -0.39 is 6.10 Å². The van der Waals surface area contributed by atoms with Crippen LogP contribution in [0.2, 0.25) is 5.28 Å². The van der Waals surface area contributed by atoms with Crippen LogP contribution in [-0.4, -0.2) is 15.1 Å². The first-order chi connectivity index (χ1) is 8.20. The van der Waals surface area contributed by atoms with Crippen molar-refractivity contribution in [3.63, 3.8) is 0 Å². The predicted octanol–water partition coefficient (Wildman–Crippen LogP) is 2.08. The Kier molecular flexibility index (Phi) is 3.33. The molecule has 17 heavy (non-hydrogen) atoms. The summed E-state index contributed by atoms with van der Waals surface area (Å²) < 4.78 is 0. The molecule has 0 aliphatic heterocycles. The van der Waals surface area contributed by atoms with E-state index in [1.165, 1.54) is 12.4 Å². The monoisotopic (exact) mass is 245 g/mol. The molecule has 0 saturated heterocycles. The summed E-state index contributed by atoms with van der Waals surface area (Å²) in [5, 5.41) is 19.0. The molecular weight excluding hydrogens is 238 g/mol. The van der Waals surface area contributed by atoms with Gasteiger partial charge < -0.3 is 5.11 Å². The van der Waals surface area contributed by atoms with E-state index in [0.717, 1.165) is 0 Å². The van der Waals surface area contributed by atoms with Crippen LogP contribution in [0.25, 0.3) is 0 Å². The molecule has 1 N–H and O–H groups in total. The Morgan fingerprint density at radius 1 is 1.24 bits per heavy atom. The Bertz CT molecular complexity index is 563. The standard InChI is InChI=1S/C12H8ClN3O/c13-12-15-6-10(7-16-12)11(17)9-3-1-2-8(4-9)5-14/h1-4,6-7,11,17H. The zero-order valence-corrected chi connectivity index (χ0v) is 9.46. The number of aliphatic hydroxyl groups is 1. The molecule has 0 radical (unpaired) electrons. The number of nitriles is 1. The maximum Gasteiger partial charge on any atom is 0.222 e. The highest BCUT2D eigenvalue weighted by molar-refractivity contribution is 6.28. The van der Waals surface area contributed by atoms with E-state index in [1.807, 2.05) is 6.07 Å². The van der Waals surface area contributed by atoms with Crippen molar-refractivity contribution >= 4 is 11.6 Å². The van der Waals surface area contributed by atoms with E-state index in [9.17, 15) is 5.11 Å². The van der Waals surface area contributed by atoms with Crippen LogP contribution in [0.5, 0.6) is 0 Å². The Labute approximate surface area is 103 Å². The van der Waals surface area contributed by atoms with Gasteiger partial charge in [0.1, 0.15) is 6.10 Å². The lowest BCUT2D eigenvalue weighted by Gasteiger charge is -2.10. The highest BCUT2D eigenvalue weighted by Gasteiger charge is 2.11. The number of hydrogen-bond acceptors (Lipinski definition) is 4. The zero-order chi connectivity index (χ0) is 12.3. The van der Waals surface area contributed by atoms with Gasteiger partial charge in [-0.15, -0.1) is 0 Å². The number of rotatable bonds is 2. The van der Waals surface area contributed by atoms with Crippen LogP contribution in [-0.2, 0) is 0 Å². The van der Waals surface area contributed by atoms with Gasteiger partial charge in [-0.05, 0) is 29.3 Å². The lowest BCUT2D eigenvalue weighted by molar-refractivity contribution is 0.219. The maximum atomic E-state index is 10.1. The molecule has 0 aliphatic carbocycles. The molecule has 2 rings (SSSR count). The van der Waals surface area contributed by atoms with Crippen molar-refractivity contribution in [3.8, 4) is 6.07 Å². The number of halogens is 1.